The number of nitro groups is 2. The van der Waals surface area contributed by atoms with E-state index in [4.69, 9.17) is 8.83 Å². The Bertz CT molecular complexity index is 614. The molecule has 0 N–H and O–H groups in total. The normalized spacial score (nSPS) is 10.4. The van der Waals surface area contributed by atoms with Crippen molar-refractivity contribution in [2.45, 2.75) is 12.8 Å². The molecule has 0 aliphatic rings. The van der Waals surface area contributed by atoms with E-state index in [0.717, 1.165) is 12.1 Å². The summed E-state index contributed by atoms with van der Waals surface area (Å²) in [5.41, 5.74) is 0. The molecule has 0 aromatic carbocycles. The van der Waals surface area contributed by atoms with Crippen LogP contribution >= 0.6 is 0 Å². The highest BCUT2D eigenvalue weighted by Gasteiger charge is 2.17. The van der Waals surface area contributed by atoms with E-state index in [1.54, 1.807) is 0 Å². The van der Waals surface area contributed by atoms with Gasteiger partial charge in [0.25, 0.3) is 0 Å². The lowest BCUT2D eigenvalue weighted by Gasteiger charge is -1.95. The first-order valence-corrected chi connectivity index (χ1v) is 5.43. The fraction of sp³-hybridized carbons (Fsp3) is 0.182. The second-order valence-electron chi connectivity index (χ2n) is 3.89. The lowest BCUT2D eigenvalue weighted by molar-refractivity contribution is -0.402. The Morgan fingerprint density at radius 2 is 1.30 bits per heavy atom. The molecule has 2 heterocycles. The van der Waals surface area contributed by atoms with Crippen LogP contribution in [0.1, 0.15) is 11.5 Å². The summed E-state index contributed by atoms with van der Waals surface area (Å²) < 4.78 is 9.68. The SMILES string of the molecule is O=C(Cc1ccc([N+](=O)[O-])o1)Cc1ccc([N+](=O)[O-])o1. The van der Waals surface area contributed by atoms with E-state index < -0.39 is 21.6 Å². The lowest BCUT2D eigenvalue weighted by Crippen LogP contribution is -2.05. The monoisotopic (exact) mass is 280 g/mol. The van der Waals surface area contributed by atoms with Gasteiger partial charge in [0.1, 0.15) is 27.2 Å². The van der Waals surface area contributed by atoms with Crippen molar-refractivity contribution >= 4 is 17.6 Å². The molecule has 0 fully saturated rings. The van der Waals surface area contributed by atoms with Crippen molar-refractivity contribution in [2.24, 2.45) is 0 Å². The number of carbonyl (C=O) groups excluding carboxylic acids is 1. The Morgan fingerprint density at radius 1 is 0.900 bits per heavy atom. The molecular weight excluding hydrogens is 272 g/mol. The molecule has 0 saturated carbocycles. The van der Waals surface area contributed by atoms with E-state index in [2.05, 4.69) is 0 Å². The summed E-state index contributed by atoms with van der Waals surface area (Å²) in [5.74, 6) is -0.910. The molecule has 0 aliphatic carbocycles. The zero-order chi connectivity index (χ0) is 14.7. The number of Topliss-reactive ketones (excluding diaryl/α,β-unsaturated/α-hetero) is 1. The Labute approximate surface area is 111 Å². The Kier molecular flexibility index (Phi) is 3.60. The van der Waals surface area contributed by atoms with Gasteiger partial charge >= 0.3 is 11.8 Å². The molecule has 2 aromatic heterocycles. The van der Waals surface area contributed by atoms with Crippen LogP contribution in [0.3, 0.4) is 0 Å². The molecule has 9 nitrogen and oxygen atoms in total. The standard InChI is InChI=1S/C11H8N2O7/c14-7(5-8-1-3-10(19-8)12(15)16)6-9-2-4-11(20-9)13(17)18/h1-4H,5-6H2. The Hall–Kier alpha value is -2.97. The highest BCUT2D eigenvalue weighted by molar-refractivity contribution is 5.82. The highest BCUT2D eigenvalue weighted by Crippen LogP contribution is 2.19. The van der Waals surface area contributed by atoms with Crippen molar-refractivity contribution in [1.29, 1.82) is 0 Å². The van der Waals surface area contributed by atoms with Crippen LogP contribution < -0.4 is 0 Å². The van der Waals surface area contributed by atoms with Crippen molar-refractivity contribution in [3.05, 3.63) is 56.0 Å². The van der Waals surface area contributed by atoms with Crippen LogP contribution in [0.4, 0.5) is 11.8 Å². The minimum atomic E-state index is -0.704. The van der Waals surface area contributed by atoms with E-state index >= 15 is 0 Å². The van der Waals surface area contributed by atoms with Crippen molar-refractivity contribution in [2.75, 3.05) is 0 Å². The molecule has 0 bridgehead atoms. The van der Waals surface area contributed by atoms with Crippen LogP contribution in [0.25, 0.3) is 0 Å². The molecule has 0 amide bonds. The number of nitrogens with zero attached hydrogens (tertiary/aromatic N) is 2. The molecule has 104 valence electrons. The second kappa shape index (κ2) is 5.34. The van der Waals surface area contributed by atoms with E-state index in [9.17, 15) is 25.0 Å². The summed E-state index contributed by atoms with van der Waals surface area (Å²) in [6, 6.07) is 4.97. The fourth-order valence-electron chi connectivity index (χ4n) is 1.57. The summed E-state index contributed by atoms with van der Waals surface area (Å²) in [5, 5.41) is 20.8. The van der Waals surface area contributed by atoms with E-state index in [1.807, 2.05) is 0 Å². The third-order valence-corrected chi connectivity index (χ3v) is 2.40. The van der Waals surface area contributed by atoms with Crippen molar-refractivity contribution in [3.63, 3.8) is 0 Å². The summed E-state index contributed by atoms with van der Waals surface area (Å²) in [4.78, 5) is 31.1. The molecular formula is C11H8N2O7. The Balaban J connectivity index is 1.97. The van der Waals surface area contributed by atoms with E-state index in [-0.39, 0.29) is 30.1 Å². The summed E-state index contributed by atoms with van der Waals surface area (Å²) in [6.45, 7) is 0. The molecule has 20 heavy (non-hydrogen) atoms. The van der Waals surface area contributed by atoms with Gasteiger partial charge in [0.2, 0.25) is 0 Å². The molecule has 0 spiro atoms. The van der Waals surface area contributed by atoms with E-state index in [0.29, 0.717) is 0 Å². The summed E-state index contributed by atoms with van der Waals surface area (Å²) >= 11 is 0. The molecule has 0 saturated heterocycles. The summed E-state index contributed by atoms with van der Waals surface area (Å²) in [7, 11) is 0. The molecule has 0 aliphatic heterocycles. The zero-order valence-corrected chi connectivity index (χ0v) is 9.98. The van der Waals surface area contributed by atoms with Gasteiger partial charge in [-0.3, -0.25) is 25.0 Å². The first-order valence-electron chi connectivity index (χ1n) is 5.43. The average Bonchev–Trinajstić information content (AvgIpc) is 2.98. The molecule has 0 unspecified atom stereocenters. The topological polar surface area (TPSA) is 130 Å². The van der Waals surface area contributed by atoms with Gasteiger partial charge in [0.15, 0.2) is 0 Å². The maximum Gasteiger partial charge on any atom is 0.433 e. The van der Waals surface area contributed by atoms with Crippen LogP contribution in [0.2, 0.25) is 0 Å². The predicted octanol–water partition coefficient (Wildman–Crippen LogP) is 2.04. The minimum Gasteiger partial charge on any atom is -0.405 e. The molecule has 2 rings (SSSR count). The van der Waals surface area contributed by atoms with Gasteiger partial charge in [-0.15, -0.1) is 0 Å². The molecule has 2 aromatic rings. The predicted molar refractivity (Wildman–Crippen MR) is 63.1 cm³/mol. The fourth-order valence-corrected chi connectivity index (χ4v) is 1.57. The first kappa shape index (κ1) is 13.5. The second-order valence-corrected chi connectivity index (χ2v) is 3.89. The molecule has 0 radical (unpaired) electrons. The first-order chi connectivity index (χ1) is 9.45. The van der Waals surface area contributed by atoms with Gasteiger partial charge in [-0.05, 0) is 12.1 Å². The van der Waals surface area contributed by atoms with Crippen LogP contribution in [-0.4, -0.2) is 15.6 Å². The van der Waals surface area contributed by atoms with Crippen LogP contribution in [0.15, 0.2) is 33.1 Å². The van der Waals surface area contributed by atoms with Gasteiger partial charge < -0.3 is 8.83 Å². The maximum absolute atomic E-state index is 11.7. The largest absolute Gasteiger partial charge is 0.433 e. The number of ketones is 1. The summed E-state index contributed by atoms with van der Waals surface area (Å²) in [6.07, 6.45) is -0.301. The molecule has 9 heteroatoms. The number of rotatable bonds is 6. The van der Waals surface area contributed by atoms with Gasteiger partial charge in [0.05, 0.1) is 25.0 Å². The number of hydrogen-bond acceptors (Lipinski definition) is 7. The Morgan fingerprint density at radius 3 is 1.60 bits per heavy atom. The van der Waals surface area contributed by atoms with Gasteiger partial charge in [-0.2, -0.15) is 0 Å². The van der Waals surface area contributed by atoms with Gasteiger partial charge in [-0.25, -0.2) is 0 Å². The quantitative estimate of drug-likeness (QED) is 0.584. The smallest absolute Gasteiger partial charge is 0.405 e. The number of furan rings is 2. The average molecular weight is 280 g/mol. The van der Waals surface area contributed by atoms with Crippen molar-refractivity contribution < 1.29 is 23.5 Å². The van der Waals surface area contributed by atoms with Gasteiger partial charge in [0, 0.05) is 0 Å². The van der Waals surface area contributed by atoms with Crippen LogP contribution in [-0.2, 0) is 17.6 Å². The van der Waals surface area contributed by atoms with Crippen LogP contribution in [0.5, 0.6) is 0 Å². The van der Waals surface area contributed by atoms with Crippen molar-refractivity contribution in [3.8, 4) is 0 Å². The molecule has 0 atom stereocenters. The highest BCUT2D eigenvalue weighted by atomic mass is 16.7. The number of hydrogen-bond donors (Lipinski definition) is 0. The van der Waals surface area contributed by atoms with Crippen LogP contribution in [0, 0.1) is 20.2 Å². The third kappa shape index (κ3) is 3.07. The zero-order valence-electron chi connectivity index (χ0n) is 9.98. The maximum atomic E-state index is 11.7. The third-order valence-electron chi connectivity index (χ3n) is 2.40. The van der Waals surface area contributed by atoms with Gasteiger partial charge in [-0.1, -0.05) is 0 Å². The van der Waals surface area contributed by atoms with Crippen molar-refractivity contribution in [1.82, 2.24) is 0 Å². The number of carbonyl (C=O) groups is 1. The lowest BCUT2D eigenvalue weighted by atomic mass is 10.1. The van der Waals surface area contributed by atoms with E-state index in [1.165, 1.54) is 12.1 Å². The minimum absolute atomic E-state index is 0.150.